The second-order valence-corrected chi connectivity index (χ2v) is 6.71. The number of carbonyl (C=O) groups is 1. The monoisotopic (exact) mass is 254 g/mol. The summed E-state index contributed by atoms with van der Waals surface area (Å²) in [5.74, 6) is 3.80. The Morgan fingerprint density at radius 3 is 2.76 bits per heavy atom. The van der Waals surface area contributed by atoms with Gasteiger partial charge in [-0.15, -0.1) is 11.8 Å². The third kappa shape index (κ3) is 2.79. The van der Waals surface area contributed by atoms with Crippen LogP contribution in [0.15, 0.2) is 0 Å². The summed E-state index contributed by atoms with van der Waals surface area (Å²) in [6, 6.07) is 0.561. The summed E-state index contributed by atoms with van der Waals surface area (Å²) in [5.41, 5.74) is 0. The van der Waals surface area contributed by atoms with Crippen LogP contribution >= 0.6 is 11.8 Å². The zero-order valence-corrected chi connectivity index (χ0v) is 11.1. The Bertz CT molecular complexity index is 285. The van der Waals surface area contributed by atoms with Crippen LogP contribution in [0.4, 0.5) is 0 Å². The number of carbonyl (C=O) groups excluding carboxylic acids is 1. The zero-order chi connectivity index (χ0) is 11.7. The summed E-state index contributed by atoms with van der Waals surface area (Å²) >= 11 is 1.81. The van der Waals surface area contributed by atoms with E-state index in [-0.39, 0.29) is 11.9 Å². The van der Waals surface area contributed by atoms with E-state index in [2.05, 4.69) is 10.6 Å². The largest absolute Gasteiger partial charge is 0.352 e. The lowest BCUT2D eigenvalue weighted by Gasteiger charge is -2.21. The average molecular weight is 254 g/mol. The zero-order valence-electron chi connectivity index (χ0n) is 10.3. The van der Waals surface area contributed by atoms with Crippen LogP contribution in [0, 0.1) is 11.8 Å². The minimum atomic E-state index is 0.0626. The standard InChI is InChI=1S/C13H22N2OS/c16-13(12-7-17-8-14-12)15-11-6-10(11)9-4-2-1-3-5-9/h9-12,14H,1-8H2,(H,15,16). The Morgan fingerprint density at radius 1 is 1.24 bits per heavy atom. The fraction of sp³-hybridized carbons (Fsp3) is 0.923. The van der Waals surface area contributed by atoms with Crippen LogP contribution in [0.5, 0.6) is 0 Å². The van der Waals surface area contributed by atoms with E-state index in [9.17, 15) is 4.79 Å². The van der Waals surface area contributed by atoms with Crippen molar-refractivity contribution in [3.8, 4) is 0 Å². The summed E-state index contributed by atoms with van der Waals surface area (Å²) in [6.07, 6.45) is 8.26. The smallest absolute Gasteiger partial charge is 0.238 e. The van der Waals surface area contributed by atoms with E-state index in [4.69, 9.17) is 0 Å². The molecule has 4 heteroatoms. The molecule has 0 spiro atoms. The molecule has 96 valence electrons. The van der Waals surface area contributed by atoms with Crippen molar-refractivity contribution >= 4 is 17.7 Å². The normalized spacial score (nSPS) is 38.0. The molecule has 0 aromatic heterocycles. The van der Waals surface area contributed by atoms with Gasteiger partial charge in [0.1, 0.15) is 0 Å². The van der Waals surface area contributed by atoms with Crippen molar-refractivity contribution in [2.45, 2.75) is 50.6 Å². The van der Waals surface area contributed by atoms with Crippen LogP contribution in [0.2, 0.25) is 0 Å². The molecule has 1 aliphatic heterocycles. The number of rotatable bonds is 3. The van der Waals surface area contributed by atoms with Gasteiger partial charge in [-0.05, 0) is 18.3 Å². The van der Waals surface area contributed by atoms with Crippen molar-refractivity contribution in [3.63, 3.8) is 0 Å². The Labute approximate surface area is 107 Å². The highest BCUT2D eigenvalue weighted by atomic mass is 32.2. The Morgan fingerprint density at radius 2 is 2.06 bits per heavy atom. The molecule has 0 bridgehead atoms. The molecule has 2 aliphatic carbocycles. The van der Waals surface area contributed by atoms with Crippen LogP contribution in [0.25, 0.3) is 0 Å². The van der Waals surface area contributed by atoms with Crippen molar-refractivity contribution in [1.82, 2.24) is 10.6 Å². The molecule has 3 unspecified atom stereocenters. The molecule has 0 aromatic rings. The molecule has 0 aromatic carbocycles. The third-order valence-corrected chi connectivity index (χ3v) is 5.40. The first-order valence-corrected chi connectivity index (χ1v) is 8.11. The van der Waals surface area contributed by atoms with Crippen LogP contribution < -0.4 is 10.6 Å². The molecule has 1 amide bonds. The van der Waals surface area contributed by atoms with E-state index in [1.54, 1.807) is 0 Å². The van der Waals surface area contributed by atoms with Crippen molar-refractivity contribution in [3.05, 3.63) is 0 Å². The number of hydrogen-bond acceptors (Lipinski definition) is 3. The van der Waals surface area contributed by atoms with E-state index in [0.29, 0.717) is 6.04 Å². The maximum Gasteiger partial charge on any atom is 0.238 e. The molecule has 1 saturated heterocycles. The second kappa shape index (κ2) is 5.19. The van der Waals surface area contributed by atoms with Crippen molar-refractivity contribution < 1.29 is 4.79 Å². The molecule has 3 fully saturated rings. The highest BCUT2D eigenvalue weighted by molar-refractivity contribution is 7.99. The SMILES string of the molecule is O=C(NC1CC1C1CCCCC1)C1CSCN1. The lowest BCUT2D eigenvalue weighted by Crippen LogP contribution is -2.43. The van der Waals surface area contributed by atoms with E-state index in [0.717, 1.165) is 23.5 Å². The number of amides is 1. The lowest BCUT2D eigenvalue weighted by atomic mass is 9.85. The van der Waals surface area contributed by atoms with Gasteiger partial charge in [-0.1, -0.05) is 32.1 Å². The van der Waals surface area contributed by atoms with Crippen LogP contribution in [-0.2, 0) is 4.79 Å². The number of hydrogen-bond donors (Lipinski definition) is 2. The van der Waals surface area contributed by atoms with Crippen molar-refractivity contribution in [2.75, 3.05) is 11.6 Å². The fourth-order valence-electron chi connectivity index (χ4n) is 3.31. The van der Waals surface area contributed by atoms with Crippen molar-refractivity contribution in [2.24, 2.45) is 11.8 Å². The molecule has 0 radical (unpaired) electrons. The first-order valence-electron chi connectivity index (χ1n) is 6.96. The summed E-state index contributed by atoms with van der Waals surface area (Å²) in [7, 11) is 0. The van der Waals surface area contributed by atoms with Crippen LogP contribution in [0.3, 0.4) is 0 Å². The summed E-state index contributed by atoms with van der Waals surface area (Å²) < 4.78 is 0. The predicted molar refractivity (Wildman–Crippen MR) is 70.9 cm³/mol. The highest BCUT2D eigenvalue weighted by Gasteiger charge is 2.44. The van der Waals surface area contributed by atoms with Gasteiger partial charge >= 0.3 is 0 Å². The second-order valence-electron chi connectivity index (χ2n) is 5.68. The molecule has 2 N–H and O–H groups in total. The van der Waals surface area contributed by atoms with Crippen LogP contribution in [-0.4, -0.2) is 29.6 Å². The Kier molecular flexibility index (Phi) is 3.61. The molecule has 3 nitrogen and oxygen atoms in total. The minimum absolute atomic E-state index is 0.0626. The maximum atomic E-state index is 11.9. The summed E-state index contributed by atoms with van der Waals surface area (Å²) in [5, 5.41) is 6.46. The molecule has 3 rings (SSSR count). The quantitative estimate of drug-likeness (QED) is 0.806. The third-order valence-electron chi connectivity index (χ3n) is 4.46. The lowest BCUT2D eigenvalue weighted by molar-refractivity contribution is -0.122. The molecule has 3 aliphatic rings. The van der Waals surface area contributed by atoms with E-state index in [1.807, 2.05) is 11.8 Å². The van der Waals surface area contributed by atoms with Gasteiger partial charge in [0, 0.05) is 17.7 Å². The van der Waals surface area contributed by atoms with Gasteiger partial charge in [-0.2, -0.15) is 0 Å². The van der Waals surface area contributed by atoms with Gasteiger partial charge in [0.15, 0.2) is 0 Å². The van der Waals surface area contributed by atoms with Gasteiger partial charge in [-0.3, -0.25) is 10.1 Å². The predicted octanol–water partition coefficient (Wildman–Crippen LogP) is 1.73. The van der Waals surface area contributed by atoms with Crippen molar-refractivity contribution in [1.29, 1.82) is 0 Å². The minimum Gasteiger partial charge on any atom is -0.352 e. The van der Waals surface area contributed by atoms with E-state index < -0.39 is 0 Å². The van der Waals surface area contributed by atoms with Gasteiger partial charge in [0.05, 0.1) is 6.04 Å². The highest BCUT2D eigenvalue weighted by Crippen LogP contribution is 2.44. The molecule has 3 atom stereocenters. The van der Waals surface area contributed by atoms with Gasteiger partial charge in [0.25, 0.3) is 0 Å². The maximum absolute atomic E-state index is 11.9. The Balaban J connectivity index is 1.43. The van der Waals surface area contributed by atoms with E-state index in [1.165, 1.54) is 38.5 Å². The van der Waals surface area contributed by atoms with Gasteiger partial charge in [-0.25, -0.2) is 0 Å². The topological polar surface area (TPSA) is 41.1 Å². The molecule has 2 saturated carbocycles. The van der Waals surface area contributed by atoms with Gasteiger partial charge in [0.2, 0.25) is 5.91 Å². The summed E-state index contributed by atoms with van der Waals surface area (Å²) in [6.45, 7) is 0. The number of thioether (sulfide) groups is 1. The van der Waals surface area contributed by atoms with E-state index >= 15 is 0 Å². The molecular weight excluding hydrogens is 232 g/mol. The fourth-order valence-corrected chi connectivity index (χ4v) is 4.25. The molecule has 1 heterocycles. The van der Waals surface area contributed by atoms with Gasteiger partial charge < -0.3 is 5.32 Å². The number of nitrogens with one attached hydrogen (secondary N) is 2. The molecular formula is C13H22N2OS. The van der Waals surface area contributed by atoms with Crippen LogP contribution in [0.1, 0.15) is 38.5 Å². The average Bonchev–Trinajstić information content (AvgIpc) is 2.92. The Hall–Kier alpha value is -0.220. The first kappa shape index (κ1) is 11.8. The first-order chi connectivity index (χ1) is 8.34. The summed E-state index contributed by atoms with van der Waals surface area (Å²) in [4.78, 5) is 11.9. The molecule has 17 heavy (non-hydrogen) atoms.